The van der Waals surface area contributed by atoms with E-state index in [4.69, 9.17) is 29.6 Å². The van der Waals surface area contributed by atoms with E-state index in [-0.39, 0.29) is 10.8 Å². The lowest BCUT2D eigenvalue weighted by molar-refractivity contribution is 0.622. The van der Waals surface area contributed by atoms with Crippen molar-refractivity contribution >= 4 is 34.5 Å². The van der Waals surface area contributed by atoms with Crippen LogP contribution in [0.1, 0.15) is 11.1 Å². The van der Waals surface area contributed by atoms with Crippen molar-refractivity contribution in [3.8, 4) is 0 Å². The van der Waals surface area contributed by atoms with Crippen molar-refractivity contribution in [2.75, 3.05) is 11.9 Å². The summed E-state index contributed by atoms with van der Waals surface area (Å²) < 4.78 is 14.1. The number of rotatable bonds is 4. The quantitative estimate of drug-likeness (QED) is 0.872. The van der Waals surface area contributed by atoms with Crippen LogP contribution in [0.15, 0.2) is 42.5 Å². The molecule has 2 aromatic rings. The van der Waals surface area contributed by atoms with Gasteiger partial charge in [-0.3, -0.25) is 0 Å². The van der Waals surface area contributed by atoms with Crippen LogP contribution >= 0.6 is 23.8 Å². The van der Waals surface area contributed by atoms with E-state index in [2.05, 4.69) is 0 Å². The van der Waals surface area contributed by atoms with Crippen LogP contribution in [0.4, 0.5) is 10.1 Å². The van der Waals surface area contributed by atoms with Crippen LogP contribution in [-0.2, 0) is 6.54 Å². The third kappa shape index (κ3) is 3.26. The topological polar surface area (TPSA) is 29.3 Å². The monoisotopic (exact) mass is 308 g/mol. The number of hydrogen-bond donors (Lipinski definition) is 1. The first-order valence-electron chi connectivity index (χ1n) is 6.03. The maximum atomic E-state index is 14.1. The fourth-order valence-corrected chi connectivity index (χ4v) is 2.26. The molecule has 0 aliphatic heterocycles. The zero-order chi connectivity index (χ0) is 14.7. The fraction of sp³-hybridized carbons (Fsp3) is 0.133. The summed E-state index contributed by atoms with van der Waals surface area (Å²) in [7, 11) is 1.81. The maximum absolute atomic E-state index is 14.1. The Balaban J connectivity index is 2.23. The smallest absolute Gasteiger partial charge is 0.147 e. The molecule has 2 aromatic carbocycles. The van der Waals surface area contributed by atoms with Crippen molar-refractivity contribution < 1.29 is 4.39 Å². The molecular weight excluding hydrogens is 295 g/mol. The molecule has 0 radical (unpaired) electrons. The van der Waals surface area contributed by atoms with Gasteiger partial charge >= 0.3 is 0 Å². The van der Waals surface area contributed by atoms with Crippen molar-refractivity contribution in [2.45, 2.75) is 6.54 Å². The summed E-state index contributed by atoms with van der Waals surface area (Å²) in [5.41, 5.74) is 7.42. The van der Waals surface area contributed by atoms with Crippen molar-refractivity contribution in [2.24, 2.45) is 5.73 Å². The molecule has 2 rings (SSSR count). The Morgan fingerprint density at radius 2 is 2.00 bits per heavy atom. The Bertz CT molecular complexity index is 646. The number of nitrogens with zero attached hydrogens (tertiary/aromatic N) is 1. The summed E-state index contributed by atoms with van der Waals surface area (Å²) in [5.74, 6) is -0.357. The molecule has 0 aromatic heterocycles. The van der Waals surface area contributed by atoms with E-state index in [0.29, 0.717) is 22.8 Å². The summed E-state index contributed by atoms with van der Waals surface area (Å²) in [4.78, 5) is 1.98. The predicted octanol–water partition coefficient (Wildman–Crippen LogP) is 3.75. The van der Waals surface area contributed by atoms with E-state index in [9.17, 15) is 4.39 Å². The van der Waals surface area contributed by atoms with Crippen LogP contribution < -0.4 is 10.6 Å². The zero-order valence-electron chi connectivity index (χ0n) is 10.9. The number of benzene rings is 2. The summed E-state index contributed by atoms with van der Waals surface area (Å²) in [6.45, 7) is 0.517. The second-order valence-corrected chi connectivity index (χ2v) is 5.32. The lowest BCUT2D eigenvalue weighted by Crippen LogP contribution is -2.18. The predicted molar refractivity (Wildman–Crippen MR) is 85.8 cm³/mol. The standard InChI is InChI=1S/C15H14ClFN2S/c1-19(9-11-4-2-3-5-12(11)16)14-7-6-10(15(18)20)8-13(14)17/h2-8H,9H2,1H3,(H2,18,20). The molecule has 20 heavy (non-hydrogen) atoms. The Morgan fingerprint density at radius 1 is 1.30 bits per heavy atom. The van der Waals surface area contributed by atoms with E-state index in [0.717, 1.165) is 5.56 Å². The molecule has 2 N–H and O–H groups in total. The highest BCUT2D eigenvalue weighted by atomic mass is 35.5. The zero-order valence-corrected chi connectivity index (χ0v) is 12.5. The number of hydrogen-bond acceptors (Lipinski definition) is 2. The van der Waals surface area contributed by atoms with Gasteiger partial charge < -0.3 is 10.6 Å². The van der Waals surface area contributed by atoms with E-state index in [1.165, 1.54) is 6.07 Å². The Labute approximate surface area is 128 Å². The highest BCUT2D eigenvalue weighted by molar-refractivity contribution is 7.80. The van der Waals surface area contributed by atoms with Crippen molar-refractivity contribution in [3.05, 3.63) is 64.4 Å². The maximum Gasteiger partial charge on any atom is 0.147 e. The molecule has 104 valence electrons. The molecule has 5 heteroatoms. The Hall–Kier alpha value is -1.65. The van der Waals surface area contributed by atoms with Gasteiger partial charge in [-0.1, -0.05) is 42.0 Å². The highest BCUT2D eigenvalue weighted by Crippen LogP contribution is 2.23. The van der Waals surface area contributed by atoms with Gasteiger partial charge in [-0.2, -0.15) is 0 Å². The fourth-order valence-electron chi connectivity index (χ4n) is 1.94. The van der Waals surface area contributed by atoms with E-state index in [1.807, 2.05) is 31.3 Å². The summed E-state index contributed by atoms with van der Waals surface area (Å²) in [6.07, 6.45) is 0. The molecule has 0 atom stereocenters. The molecule has 0 amide bonds. The first-order chi connectivity index (χ1) is 9.49. The van der Waals surface area contributed by atoms with Gasteiger partial charge in [0, 0.05) is 24.2 Å². The minimum absolute atomic E-state index is 0.184. The van der Waals surface area contributed by atoms with Crippen molar-refractivity contribution in [3.63, 3.8) is 0 Å². The molecule has 0 unspecified atom stereocenters. The van der Waals surface area contributed by atoms with Gasteiger partial charge in [0.25, 0.3) is 0 Å². The van der Waals surface area contributed by atoms with Crippen molar-refractivity contribution in [1.82, 2.24) is 0 Å². The van der Waals surface area contributed by atoms with Gasteiger partial charge in [0.05, 0.1) is 5.69 Å². The molecule has 0 aliphatic carbocycles. The average molecular weight is 309 g/mol. The molecule has 0 aliphatic rings. The number of halogens is 2. The first kappa shape index (κ1) is 14.8. The normalized spacial score (nSPS) is 10.3. The molecular formula is C15H14ClFN2S. The molecule has 0 fully saturated rings. The molecule has 0 saturated heterocycles. The third-order valence-corrected chi connectivity index (χ3v) is 3.61. The first-order valence-corrected chi connectivity index (χ1v) is 6.81. The minimum atomic E-state index is -0.357. The van der Waals surface area contributed by atoms with Crippen LogP contribution in [0.5, 0.6) is 0 Å². The summed E-state index contributed by atoms with van der Waals surface area (Å²) in [6, 6.07) is 12.2. The van der Waals surface area contributed by atoms with E-state index >= 15 is 0 Å². The van der Waals surface area contributed by atoms with Gasteiger partial charge in [0.15, 0.2) is 0 Å². The second kappa shape index (κ2) is 6.20. The van der Waals surface area contributed by atoms with Gasteiger partial charge in [-0.15, -0.1) is 0 Å². The summed E-state index contributed by atoms with van der Waals surface area (Å²) >= 11 is 10.9. The van der Waals surface area contributed by atoms with Gasteiger partial charge in [0.2, 0.25) is 0 Å². The number of thiocarbonyl (C=S) groups is 1. The molecule has 0 heterocycles. The third-order valence-electron chi connectivity index (χ3n) is 3.01. The number of anilines is 1. The average Bonchev–Trinajstić information content (AvgIpc) is 2.41. The Morgan fingerprint density at radius 3 is 2.60 bits per heavy atom. The van der Waals surface area contributed by atoms with Gasteiger partial charge in [0.1, 0.15) is 10.8 Å². The second-order valence-electron chi connectivity index (χ2n) is 4.48. The van der Waals surface area contributed by atoms with E-state index in [1.54, 1.807) is 17.0 Å². The van der Waals surface area contributed by atoms with Crippen LogP contribution in [-0.4, -0.2) is 12.0 Å². The van der Waals surface area contributed by atoms with E-state index < -0.39 is 0 Å². The molecule has 0 spiro atoms. The lowest BCUT2D eigenvalue weighted by Gasteiger charge is -2.21. The Kier molecular flexibility index (Phi) is 4.57. The SMILES string of the molecule is CN(Cc1ccccc1Cl)c1ccc(C(N)=S)cc1F. The molecule has 0 saturated carbocycles. The van der Waals surface area contributed by atoms with Crippen molar-refractivity contribution in [1.29, 1.82) is 0 Å². The largest absolute Gasteiger partial charge is 0.389 e. The lowest BCUT2D eigenvalue weighted by atomic mass is 10.1. The van der Waals surface area contributed by atoms with Crippen LogP contribution in [0.2, 0.25) is 5.02 Å². The minimum Gasteiger partial charge on any atom is -0.389 e. The van der Waals surface area contributed by atoms with Crippen LogP contribution in [0.25, 0.3) is 0 Å². The molecule has 0 bridgehead atoms. The summed E-state index contributed by atoms with van der Waals surface area (Å²) in [5, 5.41) is 0.666. The highest BCUT2D eigenvalue weighted by Gasteiger charge is 2.11. The number of nitrogens with two attached hydrogens (primary N) is 1. The van der Waals surface area contributed by atoms with Gasteiger partial charge in [-0.25, -0.2) is 4.39 Å². The van der Waals surface area contributed by atoms with Crippen LogP contribution in [0.3, 0.4) is 0 Å². The van der Waals surface area contributed by atoms with Gasteiger partial charge in [-0.05, 0) is 29.8 Å². The molecule has 2 nitrogen and oxygen atoms in total. The van der Waals surface area contributed by atoms with Crippen LogP contribution in [0, 0.1) is 5.82 Å².